The number of piperazine rings is 1. The number of carbonyl (C=O) groups is 1. The van der Waals surface area contributed by atoms with Gasteiger partial charge in [-0.3, -0.25) is 9.69 Å². The molecule has 5 heteroatoms. The molecule has 0 spiro atoms. The number of fused-ring (bicyclic) bond motifs is 1. The number of para-hydroxylation sites is 1. The third-order valence-electron chi connectivity index (χ3n) is 8.53. The molecule has 2 atom stereocenters. The van der Waals surface area contributed by atoms with Crippen LogP contribution in [-0.4, -0.2) is 55.0 Å². The van der Waals surface area contributed by atoms with Gasteiger partial charge in [0.1, 0.15) is 11.2 Å². The summed E-state index contributed by atoms with van der Waals surface area (Å²) in [4.78, 5) is 18.8. The summed E-state index contributed by atoms with van der Waals surface area (Å²) >= 11 is 0. The van der Waals surface area contributed by atoms with E-state index in [2.05, 4.69) is 35.2 Å². The summed E-state index contributed by atoms with van der Waals surface area (Å²) in [6.07, 6.45) is 6.49. The molecule has 5 rings (SSSR count). The predicted octanol–water partition coefficient (Wildman–Crippen LogP) is 5.99. The van der Waals surface area contributed by atoms with Crippen molar-refractivity contribution in [1.29, 1.82) is 5.26 Å². The number of nitriles is 1. The van der Waals surface area contributed by atoms with E-state index in [-0.39, 0.29) is 5.91 Å². The van der Waals surface area contributed by atoms with Crippen molar-refractivity contribution in [3.05, 3.63) is 77.9 Å². The zero-order chi connectivity index (χ0) is 25.8. The van der Waals surface area contributed by atoms with E-state index >= 15 is 0 Å². The van der Waals surface area contributed by atoms with Crippen molar-refractivity contribution in [2.45, 2.75) is 51.0 Å². The first-order chi connectivity index (χ1) is 18.1. The number of ether oxygens (including phenoxy) is 1. The maximum atomic E-state index is 14.3. The first-order valence-corrected chi connectivity index (χ1v) is 13.6. The largest absolute Gasteiger partial charge is 0.496 e. The standard InChI is InChI=1S/C32H37N3O2/c1-32(23-33,31(36)35-21-19-34(20-22-35)25-13-4-3-5-14-25)30(28-16-8-9-18-29(28)37-2)27-17-10-12-24-11-6-7-15-26(24)27/h6-12,15-18,25,30H,3-5,13-14,19-22H2,1-2H3/t30?,32-/m1/s1. The summed E-state index contributed by atoms with van der Waals surface area (Å²) in [5, 5.41) is 12.9. The van der Waals surface area contributed by atoms with E-state index in [4.69, 9.17) is 4.74 Å². The van der Waals surface area contributed by atoms with Gasteiger partial charge in [-0.2, -0.15) is 5.26 Å². The summed E-state index contributed by atoms with van der Waals surface area (Å²) in [6.45, 7) is 4.92. The molecule has 2 aliphatic rings. The second-order valence-electron chi connectivity index (χ2n) is 10.7. The Morgan fingerprint density at radius 3 is 2.30 bits per heavy atom. The molecule has 1 aliphatic heterocycles. The van der Waals surface area contributed by atoms with Crippen molar-refractivity contribution in [3.63, 3.8) is 0 Å². The van der Waals surface area contributed by atoms with Crippen LogP contribution in [0.1, 0.15) is 56.1 Å². The van der Waals surface area contributed by atoms with Gasteiger partial charge in [-0.15, -0.1) is 0 Å². The Bertz CT molecular complexity index is 1280. The Kier molecular flexibility index (Phi) is 7.48. The SMILES string of the molecule is COc1ccccc1C(c1cccc2ccccc12)[C@@](C)(C#N)C(=O)N1CCN(C2CCCCC2)CC1. The minimum Gasteiger partial charge on any atom is -0.496 e. The fourth-order valence-corrected chi connectivity index (χ4v) is 6.50. The Morgan fingerprint density at radius 2 is 1.57 bits per heavy atom. The number of rotatable bonds is 6. The Labute approximate surface area is 220 Å². The summed E-state index contributed by atoms with van der Waals surface area (Å²) in [7, 11) is 1.65. The lowest BCUT2D eigenvalue weighted by Crippen LogP contribution is -2.55. The molecule has 1 aliphatic carbocycles. The van der Waals surface area contributed by atoms with Gasteiger partial charge in [0, 0.05) is 43.7 Å². The van der Waals surface area contributed by atoms with Gasteiger partial charge in [0.15, 0.2) is 0 Å². The summed E-state index contributed by atoms with van der Waals surface area (Å²) in [5.41, 5.74) is 0.534. The van der Waals surface area contributed by atoms with Crippen LogP contribution in [0.4, 0.5) is 0 Å². The van der Waals surface area contributed by atoms with Crippen molar-refractivity contribution in [2.24, 2.45) is 5.41 Å². The molecule has 1 amide bonds. The zero-order valence-electron chi connectivity index (χ0n) is 22.0. The highest BCUT2D eigenvalue weighted by Gasteiger charge is 2.48. The monoisotopic (exact) mass is 495 g/mol. The lowest BCUT2D eigenvalue weighted by Gasteiger charge is -2.43. The van der Waals surface area contributed by atoms with E-state index in [1.54, 1.807) is 7.11 Å². The van der Waals surface area contributed by atoms with Gasteiger partial charge in [-0.1, -0.05) is 79.9 Å². The van der Waals surface area contributed by atoms with Gasteiger partial charge in [0.2, 0.25) is 5.91 Å². The highest BCUT2D eigenvalue weighted by atomic mass is 16.5. The molecule has 0 radical (unpaired) electrons. The van der Waals surface area contributed by atoms with Crippen molar-refractivity contribution in [3.8, 4) is 11.8 Å². The number of hydrogen-bond donors (Lipinski definition) is 0. The maximum absolute atomic E-state index is 14.3. The van der Waals surface area contributed by atoms with Crippen LogP contribution in [0.15, 0.2) is 66.7 Å². The highest BCUT2D eigenvalue weighted by Crippen LogP contribution is 2.47. The molecule has 3 aromatic carbocycles. The van der Waals surface area contributed by atoms with Crippen LogP contribution in [0.2, 0.25) is 0 Å². The minimum atomic E-state index is -1.30. The number of methoxy groups -OCH3 is 1. The number of carbonyl (C=O) groups excluding carboxylic acids is 1. The van der Waals surface area contributed by atoms with Crippen molar-refractivity contribution < 1.29 is 9.53 Å². The van der Waals surface area contributed by atoms with Crippen molar-refractivity contribution in [2.75, 3.05) is 33.3 Å². The van der Waals surface area contributed by atoms with Crippen LogP contribution >= 0.6 is 0 Å². The predicted molar refractivity (Wildman–Crippen MR) is 148 cm³/mol. The van der Waals surface area contributed by atoms with Crippen LogP contribution in [-0.2, 0) is 4.79 Å². The third-order valence-corrected chi connectivity index (χ3v) is 8.53. The van der Waals surface area contributed by atoms with Gasteiger partial charge < -0.3 is 9.64 Å². The fraction of sp³-hybridized carbons (Fsp3) is 0.438. The molecule has 1 unspecified atom stereocenters. The molecule has 1 saturated heterocycles. The van der Waals surface area contributed by atoms with E-state index in [0.717, 1.165) is 35.0 Å². The van der Waals surface area contributed by atoms with E-state index in [1.165, 1.54) is 32.1 Å². The van der Waals surface area contributed by atoms with E-state index < -0.39 is 11.3 Å². The van der Waals surface area contributed by atoms with Crippen LogP contribution in [0, 0.1) is 16.7 Å². The smallest absolute Gasteiger partial charge is 0.243 e. The van der Waals surface area contributed by atoms with Gasteiger partial charge in [0.25, 0.3) is 0 Å². The summed E-state index contributed by atoms with van der Waals surface area (Å²) < 4.78 is 5.76. The van der Waals surface area contributed by atoms with Crippen molar-refractivity contribution >= 4 is 16.7 Å². The average molecular weight is 496 g/mol. The van der Waals surface area contributed by atoms with Gasteiger partial charge in [0.05, 0.1) is 13.2 Å². The number of nitrogens with zero attached hydrogens (tertiary/aromatic N) is 3. The quantitative estimate of drug-likeness (QED) is 0.422. The first kappa shape index (κ1) is 25.3. The van der Waals surface area contributed by atoms with E-state index in [0.29, 0.717) is 24.9 Å². The molecule has 0 aromatic heterocycles. The second-order valence-corrected chi connectivity index (χ2v) is 10.7. The Hall–Kier alpha value is -3.36. The highest BCUT2D eigenvalue weighted by molar-refractivity contribution is 5.91. The van der Waals surface area contributed by atoms with Crippen LogP contribution in [0.3, 0.4) is 0 Å². The van der Waals surface area contributed by atoms with Gasteiger partial charge in [-0.25, -0.2) is 0 Å². The molecule has 0 bridgehead atoms. The van der Waals surface area contributed by atoms with Crippen LogP contribution in [0.25, 0.3) is 10.8 Å². The topological polar surface area (TPSA) is 56.6 Å². The van der Waals surface area contributed by atoms with Gasteiger partial charge >= 0.3 is 0 Å². The van der Waals surface area contributed by atoms with Crippen molar-refractivity contribution in [1.82, 2.24) is 9.80 Å². The maximum Gasteiger partial charge on any atom is 0.243 e. The second kappa shape index (κ2) is 10.9. The number of amides is 1. The number of benzene rings is 3. The van der Waals surface area contributed by atoms with Crippen LogP contribution in [0.5, 0.6) is 5.75 Å². The molecular formula is C32H37N3O2. The molecule has 2 fully saturated rings. The molecule has 37 heavy (non-hydrogen) atoms. The summed E-state index contributed by atoms with van der Waals surface area (Å²) in [5.74, 6) is 0.114. The lowest BCUT2D eigenvalue weighted by molar-refractivity contribution is -0.141. The lowest BCUT2D eigenvalue weighted by atomic mass is 9.68. The third kappa shape index (κ3) is 4.83. The normalized spacial score (nSPS) is 19.6. The molecule has 3 aromatic rings. The van der Waals surface area contributed by atoms with E-state index in [1.807, 2.05) is 54.3 Å². The number of hydrogen-bond acceptors (Lipinski definition) is 4. The fourth-order valence-electron chi connectivity index (χ4n) is 6.50. The van der Waals surface area contributed by atoms with Gasteiger partial charge in [-0.05, 0) is 42.2 Å². The molecule has 1 heterocycles. The molecular weight excluding hydrogens is 458 g/mol. The first-order valence-electron chi connectivity index (χ1n) is 13.6. The molecule has 5 nitrogen and oxygen atoms in total. The van der Waals surface area contributed by atoms with E-state index in [9.17, 15) is 10.1 Å². The average Bonchev–Trinajstić information content (AvgIpc) is 2.97. The molecule has 1 saturated carbocycles. The minimum absolute atomic E-state index is 0.0952. The molecule has 0 N–H and O–H groups in total. The zero-order valence-corrected chi connectivity index (χ0v) is 22.0. The van der Waals surface area contributed by atoms with Crippen LogP contribution < -0.4 is 4.74 Å². The Morgan fingerprint density at radius 1 is 0.919 bits per heavy atom. The molecule has 192 valence electrons. The summed E-state index contributed by atoms with van der Waals surface area (Å²) in [6, 6.07) is 25.3. The Balaban J connectivity index is 1.52.